The number of hydrogen-bond donors (Lipinski definition) is 2. The van der Waals surface area contributed by atoms with E-state index in [4.69, 9.17) is 10.4 Å². The van der Waals surface area contributed by atoms with Crippen molar-refractivity contribution in [1.29, 1.82) is 5.26 Å². The van der Waals surface area contributed by atoms with E-state index in [-0.39, 0.29) is 11.8 Å². The minimum atomic E-state index is -0.847. The van der Waals surface area contributed by atoms with Crippen LogP contribution in [0.15, 0.2) is 22.7 Å². The summed E-state index contributed by atoms with van der Waals surface area (Å²) in [6.07, 6.45) is 1.45. The number of rotatable bonds is 3. The van der Waals surface area contributed by atoms with Gasteiger partial charge in [0.05, 0.1) is 17.2 Å². The summed E-state index contributed by atoms with van der Waals surface area (Å²) >= 11 is 3.29. The minimum absolute atomic E-state index is 0.219. The lowest BCUT2D eigenvalue weighted by Crippen LogP contribution is -2.22. The zero-order chi connectivity index (χ0) is 14.7. The molecule has 1 aromatic carbocycles. The Labute approximate surface area is 124 Å². The third-order valence-corrected chi connectivity index (χ3v) is 4.01. The highest BCUT2D eigenvalue weighted by Gasteiger charge is 2.33. The Balaban J connectivity index is 2.08. The number of anilines is 1. The Morgan fingerprint density at radius 1 is 1.35 bits per heavy atom. The van der Waals surface area contributed by atoms with E-state index in [1.54, 1.807) is 18.2 Å². The van der Waals surface area contributed by atoms with Crippen LogP contribution in [0.2, 0.25) is 0 Å². The van der Waals surface area contributed by atoms with Gasteiger partial charge in [0.25, 0.3) is 0 Å². The molecule has 2 rings (SSSR count). The standard InChI is InChI=1S/C14H13BrN2O3/c15-11-4-3-10(7-16)12(6-11)17-13(18)8-1-2-9(5-8)14(19)20/h3-4,6,8-9H,1-2,5H2,(H,17,18)(H,19,20). The molecule has 1 fully saturated rings. The molecule has 2 atom stereocenters. The highest BCUT2D eigenvalue weighted by Crippen LogP contribution is 2.32. The first-order valence-corrected chi connectivity index (χ1v) is 7.04. The van der Waals surface area contributed by atoms with Gasteiger partial charge in [-0.15, -0.1) is 0 Å². The lowest BCUT2D eigenvalue weighted by molar-refractivity contribution is -0.141. The fraction of sp³-hybridized carbons (Fsp3) is 0.357. The third kappa shape index (κ3) is 3.17. The van der Waals surface area contributed by atoms with Gasteiger partial charge in [-0.05, 0) is 37.5 Å². The second-order valence-corrected chi connectivity index (χ2v) is 5.75. The summed E-state index contributed by atoms with van der Waals surface area (Å²) in [6, 6.07) is 7.03. The van der Waals surface area contributed by atoms with Crippen molar-refractivity contribution >= 4 is 33.5 Å². The van der Waals surface area contributed by atoms with Gasteiger partial charge in [0.1, 0.15) is 6.07 Å². The largest absolute Gasteiger partial charge is 0.481 e. The van der Waals surface area contributed by atoms with Gasteiger partial charge in [-0.1, -0.05) is 15.9 Å². The van der Waals surface area contributed by atoms with Crippen molar-refractivity contribution < 1.29 is 14.7 Å². The molecule has 1 amide bonds. The van der Waals surface area contributed by atoms with Gasteiger partial charge >= 0.3 is 5.97 Å². The van der Waals surface area contributed by atoms with E-state index < -0.39 is 11.9 Å². The average molecular weight is 337 g/mol. The second kappa shape index (κ2) is 6.06. The number of nitrogens with one attached hydrogen (secondary N) is 1. The molecule has 2 N–H and O–H groups in total. The number of nitriles is 1. The fourth-order valence-corrected chi connectivity index (χ4v) is 2.76. The summed E-state index contributed by atoms with van der Waals surface area (Å²) in [4.78, 5) is 23.0. The highest BCUT2D eigenvalue weighted by atomic mass is 79.9. The van der Waals surface area contributed by atoms with Gasteiger partial charge in [0, 0.05) is 10.4 Å². The Morgan fingerprint density at radius 3 is 2.65 bits per heavy atom. The van der Waals surface area contributed by atoms with Crippen molar-refractivity contribution in [2.45, 2.75) is 19.3 Å². The molecule has 0 spiro atoms. The van der Waals surface area contributed by atoms with Crippen molar-refractivity contribution in [3.8, 4) is 6.07 Å². The van der Waals surface area contributed by atoms with Crippen LogP contribution < -0.4 is 5.32 Å². The van der Waals surface area contributed by atoms with Gasteiger partial charge < -0.3 is 10.4 Å². The number of hydrogen-bond acceptors (Lipinski definition) is 3. The van der Waals surface area contributed by atoms with E-state index in [9.17, 15) is 9.59 Å². The molecule has 5 nitrogen and oxygen atoms in total. The van der Waals surface area contributed by atoms with E-state index in [1.165, 1.54) is 0 Å². The second-order valence-electron chi connectivity index (χ2n) is 4.84. The summed E-state index contributed by atoms with van der Waals surface area (Å²) in [6.45, 7) is 0. The highest BCUT2D eigenvalue weighted by molar-refractivity contribution is 9.10. The molecule has 104 valence electrons. The molecule has 20 heavy (non-hydrogen) atoms. The number of carboxylic acids is 1. The number of aliphatic carboxylic acids is 1. The number of carbonyl (C=O) groups excluding carboxylic acids is 1. The quantitative estimate of drug-likeness (QED) is 0.887. The van der Waals surface area contributed by atoms with Crippen LogP contribution in [0.5, 0.6) is 0 Å². The molecule has 2 unspecified atom stereocenters. The van der Waals surface area contributed by atoms with Crippen molar-refractivity contribution in [3.05, 3.63) is 28.2 Å². The minimum Gasteiger partial charge on any atom is -0.481 e. The first-order valence-electron chi connectivity index (χ1n) is 6.24. The zero-order valence-electron chi connectivity index (χ0n) is 10.6. The number of nitrogens with zero attached hydrogens (tertiary/aromatic N) is 1. The number of halogens is 1. The number of benzene rings is 1. The summed E-state index contributed by atoms with van der Waals surface area (Å²) < 4.78 is 0.765. The predicted octanol–water partition coefficient (Wildman–Crippen LogP) is 2.76. The smallest absolute Gasteiger partial charge is 0.306 e. The number of amides is 1. The summed E-state index contributed by atoms with van der Waals surface area (Å²) in [5.74, 6) is -1.81. The van der Waals surface area contributed by atoms with Crippen LogP contribution in [0.1, 0.15) is 24.8 Å². The molecule has 1 aliphatic rings. The van der Waals surface area contributed by atoms with E-state index >= 15 is 0 Å². The molecule has 0 bridgehead atoms. The van der Waals surface area contributed by atoms with Crippen molar-refractivity contribution in [2.24, 2.45) is 11.8 Å². The average Bonchev–Trinajstić information content (AvgIpc) is 2.89. The van der Waals surface area contributed by atoms with Crippen LogP contribution in [0, 0.1) is 23.2 Å². The molecule has 1 saturated carbocycles. The molecule has 0 heterocycles. The molecule has 0 radical (unpaired) electrons. The Kier molecular flexibility index (Phi) is 4.40. The third-order valence-electron chi connectivity index (χ3n) is 3.51. The predicted molar refractivity (Wildman–Crippen MR) is 76.0 cm³/mol. The maximum atomic E-state index is 12.1. The fourth-order valence-electron chi connectivity index (χ4n) is 2.40. The van der Waals surface area contributed by atoms with Gasteiger partial charge in [-0.3, -0.25) is 9.59 Å². The van der Waals surface area contributed by atoms with E-state index in [2.05, 4.69) is 21.2 Å². The van der Waals surface area contributed by atoms with Gasteiger partial charge in [-0.25, -0.2) is 0 Å². The molecule has 6 heteroatoms. The first kappa shape index (κ1) is 14.5. The van der Waals surface area contributed by atoms with Crippen molar-refractivity contribution in [2.75, 3.05) is 5.32 Å². The van der Waals surface area contributed by atoms with Crippen molar-refractivity contribution in [3.63, 3.8) is 0 Å². The van der Waals surface area contributed by atoms with Gasteiger partial charge in [0.15, 0.2) is 0 Å². The van der Waals surface area contributed by atoms with Crippen LogP contribution >= 0.6 is 15.9 Å². The van der Waals surface area contributed by atoms with Gasteiger partial charge in [0.2, 0.25) is 5.91 Å². The Hall–Kier alpha value is -1.87. The Morgan fingerprint density at radius 2 is 2.05 bits per heavy atom. The molecule has 0 saturated heterocycles. The lowest BCUT2D eigenvalue weighted by Gasteiger charge is -2.12. The van der Waals surface area contributed by atoms with Gasteiger partial charge in [-0.2, -0.15) is 5.26 Å². The topological polar surface area (TPSA) is 90.2 Å². The SMILES string of the molecule is N#Cc1ccc(Br)cc1NC(=O)C1CCC(C(=O)O)C1. The van der Waals surface area contributed by atoms with Crippen LogP contribution in [0.4, 0.5) is 5.69 Å². The maximum absolute atomic E-state index is 12.1. The zero-order valence-corrected chi connectivity index (χ0v) is 12.2. The summed E-state index contributed by atoms with van der Waals surface area (Å²) in [5, 5.41) is 20.7. The number of carbonyl (C=O) groups is 2. The lowest BCUT2D eigenvalue weighted by atomic mass is 10.0. The van der Waals surface area contributed by atoms with E-state index in [0.29, 0.717) is 30.5 Å². The summed E-state index contributed by atoms with van der Waals surface area (Å²) in [5.41, 5.74) is 0.833. The molecule has 1 aromatic rings. The monoisotopic (exact) mass is 336 g/mol. The maximum Gasteiger partial charge on any atom is 0.306 e. The Bertz CT molecular complexity index is 595. The number of carboxylic acid groups (broad SMARTS) is 1. The molecular formula is C14H13BrN2O3. The van der Waals surface area contributed by atoms with Crippen LogP contribution in [-0.4, -0.2) is 17.0 Å². The molecule has 0 aromatic heterocycles. The molecule has 0 aliphatic heterocycles. The van der Waals surface area contributed by atoms with E-state index in [1.807, 2.05) is 6.07 Å². The molecular weight excluding hydrogens is 324 g/mol. The van der Waals surface area contributed by atoms with Crippen LogP contribution in [0.3, 0.4) is 0 Å². The van der Waals surface area contributed by atoms with E-state index in [0.717, 1.165) is 4.47 Å². The molecule has 1 aliphatic carbocycles. The normalized spacial score (nSPS) is 21.2. The summed E-state index contributed by atoms with van der Waals surface area (Å²) in [7, 11) is 0. The van der Waals surface area contributed by atoms with Crippen molar-refractivity contribution in [1.82, 2.24) is 0 Å². The van der Waals surface area contributed by atoms with Crippen LogP contribution in [-0.2, 0) is 9.59 Å². The van der Waals surface area contributed by atoms with Crippen LogP contribution in [0.25, 0.3) is 0 Å². The first-order chi connectivity index (χ1) is 9.51.